The molecular formula is C15H19NS. The molecule has 0 unspecified atom stereocenters. The Kier molecular flexibility index (Phi) is 3.63. The van der Waals surface area contributed by atoms with Crippen LogP contribution in [-0.4, -0.2) is 4.98 Å². The Labute approximate surface area is 108 Å². The van der Waals surface area contributed by atoms with Gasteiger partial charge in [0.1, 0.15) is 0 Å². The highest BCUT2D eigenvalue weighted by molar-refractivity contribution is 7.71. The maximum absolute atomic E-state index is 5.63. The number of aromatic amines is 1. The monoisotopic (exact) mass is 245 g/mol. The summed E-state index contributed by atoms with van der Waals surface area (Å²) < 4.78 is 1.04. The highest BCUT2D eigenvalue weighted by atomic mass is 32.1. The number of rotatable bonds is 3. The van der Waals surface area contributed by atoms with E-state index in [1.165, 1.54) is 40.6 Å². The summed E-state index contributed by atoms with van der Waals surface area (Å²) in [5.41, 5.74) is 5.00. The fourth-order valence-electron chi connectivity index (χ4n) is 2.27. The van der Waals surface area contributed by atoms with Gasteiger partial charge in [0, 0.05) is 16.6 Å². The lowest BCUT2D eigenvalue weighted by atomic mass is 10.0. The number of H-pyrrole nitrogens is 1. The van der Waals surface area contributed by atoms with Gasteiger partial charge in [-0.3, -0.25) is 0 Å². The van der Waals surface area contributed by atoms with E-state index in [4.69, 9.17) is 12.2 Å². The van der Waals surface area contributed by atoms with Crippen molar-refractivity contribution in [1.29, 1.82) is 0 Å². The number of hydrogen-bond donors (Lipinski definition) is 1. The summed E-state index contributed by atoms with van der Waals surface area (Å²) in [4.78, 5) is 3.51. The first-order chi connectivity index (χ1) is 8.15. The topological polar surface area (TPSA) is 15.8 Å². The van der Waals surface area contributed by atoms with Crippen LogP contribution in [0.5, 0.6) is 0 Å². The quantitative estimate of drug-likeness (QED) is 0.764. The van der Waals surface area contributed by atoms with E-state index in [-0.39, 0.29) is 0 Å². The van der Waals surface area contributed by atoms with E-state index < -0.39 is 0 Å². The first-order valence-corrected chi connectivity index (χ1v) is 6.67. The molecule has 2 aromatic rings. The molecule has 2 heteroatoms. The Balaban J connectivity index is 2.68. The molecule has 0 saturated heterocycles. The van der Waals surface area contributed by atoms with Crippen molar-refractivity contribution in [3.8, 4) is 0 Å². The molecule has 0 spiro atoms. The first-order valence-electron chi connectivity index (χ1n) is 6.26. The van der Waals surface area contributed by atoms with E-state index >= 15 is 0 Å². The number of pyridine rings is 1. The number of para-hydroxylation sites is 1. The van der Waals surface area contributed by atoms with Gasteiger partial charge in [0.2, 0.25) is 0 Å². The highest BCUT2D eigenvalue weighted by Crippen LogP contribution is 2.23. The van der Waals surface area contributed by atoms with Gasteiger partial charge in [0.05, 0.1) is 4.51 Å². The van der Waals surface area contributed by atoms with Crippen molar-refractivity contribution in [2.45, 2.75) is 40.0 Å². The van der Waals surface area contributed by atoms with Gasteiger partial charge in [-0.25, -0.2) is 0 Å². The van der Waals surface area contributed by atoms with Gasteiger partial charge < -0.3 is 4.98 Å². The zero-order chi connectivity index (χ0) is 12.4. The van der Waals surface area contributed by atoms with Gasteiger partial charge in [0.25, 0.3) is 0 Å². The molecule has 0 aliphatic heterocycles. The molecule has 1 nitrogen and oxygen atoms in total. The molecule has 17 heavy (non-hydrogen) atoms. The standard InChI is InChI=1S/C15H19NS/c1-4-5-8-12-11(3)16-14-10(2)7-6-9-13(14)15(12)17/h6-7,9H,4-5,8H2,1-3H3,(H,16,17). The third kappa shape index (κ3) is 2.27. The SMILES string of the molecule is CCCCc1c(C)[nH]c2c(C)cccc2c1=S. The van der Waals surface area contributed by atoms with Crippen LogP contribution in [0.1, 0.15) is 36.6 Å². The fraction of sp³-hybridized carbons (Fsp3) is 0.400. The molecule has 90 valence electrons. The van der Waals surface area contributed by atoms with Crippen molar-refractivity contribution in [2.75, 3.05) is 0 Å². The lowest BCUT2D eigenvalue weighted by molar-refractivity contribution is 0.787. The smallest absolute Gasteiger partial charge is 0.0519 e. The number of aryl methyl sites for hydroxylation is 2. The molecule has 0 fully saturated rings. The Morgan fingerprint density at radius 2 is 2.00 bits per heavy atom. The van der Waals surface area contributed by atoms with Gasteiger partial charge in [-0.2, -0.15) is 0 Å². The minimum absolute atomic E-state index is 1.04. The normalized spacial score (nSPS) is 11.0. The number of aromatic nitrogens is 1. The summed E-state index contributed by atoms with van der Waals surface area (Å²) in [5.74, 6) is 0. The number of hydrogen-bond acceptors (Lipinski definition) is 1. The van der Waals surface area contributed by atoms with Gasteiger partial charge in [-0.15, -0.1) is 0 Å². The van der Waals surface area contributed by atoms with E-state index in [1.54, 1.807) is 0 Å². The van der Waals surface area contributed by atoms with Crippen molar-refractivity contribution in [3.05, 3.63) is 39.5 Å². The summed E-state index contributed by atoms with van der Waals surface area (Å²) in [5, 5.41) is 1.19. The van der Waals surface area contributed by atoms with Crippen LogP contribution in [0.25, 0.3) is 10.9 Å². The molecule has 0 aliphatic rings. The number of unbranched alkanes of at least 4 members (excludes halogenated alkanes) is 1. The predicted octanol–water partition coefficient (Wildman–Crippen LogP) is 4.86. The summed E-state index contributed by atoms with van der Waals surface area (Å²) in [6, 6.07) is 6.33. The Morgan fingerprint density at radius 1 is 1.24 bits per heavy atom. The average molecular weight is 245 g/mol. The molecule has 0 aliphatic carbocycles. The summed E-state index contributed by atoms with van der Waals surface area (Å²) >= 11 is 5.63. The van der Waals surface area contributed by atoms with Crippen molar-refractivity contribution in [1.82, 2.24) is 4.98 Å². The zero-order valence-corrected chi connectivity index (χ0v) is 11.6. The maximum atomic E-state index is 5.63. The minimum atomic E-state index is 1.04. The Bertz CT molecular complexity index is 596. The number of fused-ring (bicyclic) bond motifs is 1. The van der Waals surface area contributed by atoms with Crippen LogP contribution < -0.4 is 0 Å². The molecule has 0 bridgehead atoms. The maximum Gasteiger partial charge on any atom is 0.0519 e. The third-order valence-corrected chi connectivity index (χ3v) is 3.80. The number of benzene rings is 1. The molecule has 0 saturated carbocycles. The molecule has 2 rings (SSSR count). The van der Waals surface area contributed by atoms with Crippen LogP contribution >= 0.6 is 12.2 Å². The third-order valence-electron chi connectivity index (χ3n) is 3.34. The average Bonchev–Trinajstić information content (AvgIpc) is 2.31. The molecule has 1 aromatic heterocycles. The van der Waals surface area contributed by atoms with Crippen LogP contribution in [0.2, 0.25) is 0 Å². The van der Waals surface area contributed by atoms with Crippen molar-refractivity contribution in [2.24, 2.45) is 0 Å². The summed E-state index contributed by atoms with van der Waals surface area (Å²) in [7, 11) is 0. The Hall–Kier alpha value is -1.15. The van der Waals surface area contributed by atoms with Crippen molar-refractivity contribution in [3.63, 3.8) is 0 Å². The summed E-state index contributed by atoms with van der Waals surface area (Å²) in [6.45, 7) is 6.47. The second-order valence-electron chi connectivity index (χ2n) is 4.66. The molecular weight excluding hydrogens is 226 g/mol. The van der Waals surface area contributed by atoms with E-state index in [0.717, 1.165) is 10.9 Å². The van der Waals surface area contributed by atoms with Crippen molar-refractivity contribution >= 4 is 23.1 Å². The zero-order valence-electron chi connectivity index (χ0n) is 10.8. The van der Waals surface area contributed by atoms with Gasteiger partial charge in [0.15, 0.2) is 0 Å². The van der Waals surface area contributed by atoms with Crippen LogP contribution in [-0.2, 0) is 6.42 Å². The van der Waals surface area contributed by atoms with E-state index in [1.807, 2.05) is 0 Å². The number of nitrogens with one attached hydrogen (secondary N) is 1. The van der Waals surface area contributed by atoms with E-state index in [0.29, 0.717) is 0 Å². The van der Waals surface area contributed by atoms with Crippen LogP contribution in [0, 0.1) is 18.4 Å². The fourth-order valence-corrected chi connectivity index (χ4v) is 2.70. The van der Waals surface area contributed by atoms with Crippen LogP contribution in [0.3, 0.4) is 0 Å². The minimum Gasteiger partial charge on any atom is -0.358 e. The van der Waals surface area contributed by atoms with Gasteiger partial charge in [-0.1, -0.05) is 43.8 Å². The highest BCUT2D eigenvalue weighted by Gasteiger charge is 2.06. The lowest BCUT2D eigenvalue weighted by Gasteiger charge is -2.10. The van der Waals surface area contributed by atoms with Gasteiger partial charge in [-0.05, 0) is 37.8 Å². The predicted molar refractivity (Wildman–Crippen MR) is 77.2 cm³/mol. The van der Waals surface area contributed by atoms with E-state index in [2.05, 4.69) is 44.0 Å². The molecule has 0 amide bonds. The molecule has 1 heterocycles. The summed E-state index contributed by atoms with van der Waals surface area (Å²) in [6.07, 6.45) is 3.50. The second kappa shape index (κ2) is 5.01. The van der Waals surface area contributed by atoms with Crippen LogP contribution in [0.15, 0.2) is 18.2 Å². The van der Waals surface area contributed by atoms with Crippen LogP contribution in [0.4, 0.5) is 0 Å². The second-order valence-corrected chi connectivity index (χ2v) is 5.07. The lowest BCUT2D eigenvalue weighted by Crippen LogP contribution is -1.97. The molecule has 0 radical (unpaired) electrons. The molecule has 1 aromatic carbocycles. The van der Waals surface area contributed by atoms with Gasteiger partial charge >= 0.3 is 0 Å². The Morgan fingerprint density at radius 3 is 2.71 bits per heavy atom. The largest absolute Gasteiger partial charge is 0.358 e. The van der Waals surface area contributed by atoms with Crippen molar-refractivity contribution < 1.29 is 0 Å². The molecule has 1 N–H and O–H groups in total. The van der Waals surface area contributed by atoms with E-state index in [9.17, 15) is 0 Å². The molecule has 0 atom stereocenters. The first kappa shape index (κ1) is 12.3.